The van der Waals surface area contributed by atoms with Crippen molar-refractivity contribution in [3.05, 3.63) is 48.6 Å². The molecule has 1 aromatic carbocycles. The monoisotopic (exact) mass is 161 g/mol. The second kappa shape index (κ2) is 3.72. The Hall–Kier alpha value is -1.57. The molecule has 0 aliphatic rings. The standard InChI is InChI=1S/C10H9O2/c1-2-9(10(11)12)8-6-4-3-5-7-8/h2-6,9H,1H2,(H,11,12). The second-order valence-electron chi connectivity index (χ2n) is 2.37. The van der Waals surface area contributed by atoms with Gasteiger partial charge in [0.1, 0.15) is 5.92 Å². The molecule has 0 aliphatic heterocycles. The SMILES string of the molecule is C=CC(C(=O)O)c1[c]cccc1. The summed E-state index contributed by atoms with van der Waals surface area (Å²) in [7, 11) is 0. The van der Waals surface area contributed by atoms with E-state index in [9.17, 15) is 4.79 Å². The zero-order valence-electron chi connectivity index (χ0n) is 6.53. The first kappa shape index (κ1) is 8.53. The molecule has 0 saturated carbocycles. The van der Waals surface area contributed by atoms with E-state index in [4.69, 9.17) is 5.11 Å². The fourth-order valence-corrected chi connectivity index (χ4v) is 0.961. The van der Waals surface area contributed by atoms with Gasteiger partial charge in [0, 0.05) is 0 Å². The van der Waals surface area contributed by atoms with Crippen LogP contribution < -0.4 is 0 Å². The zero-order chi connectivity index (χ0) is 8.97. The summed E-state index contributed by atoms with van der Waals surface area (Å²) in [6.45, 7) is 3.46. The summed E-state index contributed by atoms with van der Waals surface area (Å²) in [6, 6.07) is 9.84. The third-order valence-corrected chi connectivity index (χ3v) is 1.57. The highest BCUT2D eigenvalue weighted by Gasteiger charge is 2.14. The Balaban J connectivity index is 2.95. The lowest BCUT2D eigenvalue weighted by molar-refractivity contribution is -0.137. The topological polar surface area (TPSA) is 37.3 Å². The molecule has 1 radical (unpaired) electrons. The van der Waals surface area contributed by atoms with Gasteiger partial charge in [-0.15, -0.1) is 6.58 Å². The maximum absolute atomic E-state index is 10.6. The number of aliphatic carboxylic acids is 1. The van der Waals surface area contributed by atoms with E-state index in [0.717, 1.165) is 0 Å². The molecule has 2 nitrogen and oxygen atoms in total. The van der Waals surface area contributed by atoms with Crippen molar-refractivity contribution in [1.29, 1.82) is 0 Å². The molecule has 61 valence electrons. The fraction of sp³-hybridized carbons (Fsp3) is 0.100. The molecule has 0 aromatic heterocycles. The van der Waals surface area contributed by atoms with Gasteiger partial charge in [0.2, 0.25) is 0 Å². The van der Waals surface area contributed by atoms with E-state index in [2.05, 4.69) is 12.6 Å². The quantitative estimate of drug-likeness (QED) is 0.687. The first-order valence-corrected chi connectivity index (χ1v) is 3.57. The Morgan fingerprint density at radius 3 is 2.83 bits per heavy atom. The van der Waals surface area contributed by atoms with Gasteiger partial charge in [0.15, 0.2) is 0 Å². The van der Waals surface area contributed by atoms with Gasteiger partial charge in [-0.3, -0.25) is 4.79 Å². The summed E-state index contributed by atoms with van der Waals surface area (Å²) in [4.78, 5) is 10.6. The minimum atomic E-state index is -0.896. The molecule has 1 unspecified atom stereocenters. The predicted octanol–water partition coefficient (Wildman–Crippen LogP) is 1.84. The Morgan fingerprint density at radius 2 is 2.42 bits per heavy atom. The van der Waals surface area contributed by atoms with Gasteiger partial charge in [-0.05, 0) is 11.6 Å². The fourth-order valence-electron chi connectivity index (χ4n) is 0.961. The average molecular weight is 161 g/mol. The van der Waals surface area contributed by atoms with Crippen molar-refractivity contribution in [2.24, 2.45) is 0 Å². The normalized spacial score (nSPS) is 12.0. The van der Waals surface area contributed by atoms with Crippen LogP contribution in [0, 0.1) is 6.07 Å². The summed E-state index contributed by atoms with van der Waals surface area (Å²) in [6.07, 6.45) is 1.40. The Kier molecular flexibility index (Phi) is 2.64. The molecule has 0 aliphatic carbocycles. The smallest absolute Gasteiger partial charge is 0.314 e. The van der Waals surface area contributed by atoms with Crippen LogP contribution in [-0.4, -0.2) is 11.1 Å². The lowest BCUT2D eigenvalue weighted by atomic mass is 10.00. The second-order valence-corrected chi connectivity index (χ2v) is 2.37. The van der Waals surface area contributed by atoms with Gasteiger partial charge in [-0.2, -0.15) is 0 Å². The molecule has 0 bridgehead atoms. The van der Waals surface area contributed by atoms with Gasteiger partial charge >= 0.3 is 5.97 Å². The van der Waals surface area contributed by atoms with Crippen molar-refractivity contribution in [3.63, 3.8) is 0 Å². The molecular formula is C10H9O2. The summed E-state index contributed by atoms with van der Waals surface area (Å²) in [5, 5.41) is 8.74. The van der Waals surface area contributed by atoms with E-state index in [-0.39, 0.29) is 0 Å². The van der Waals surface area contributed by atoms with Crippen LogP contribution in [0.5, 0.6) is 0 Å². The van der Waals surface area contributed by atoms with Crippen molar-refractivity contribution in [3.8, 4) is 0 Å². The van der Waals surface area contributed by atoms with Gasteiger partial charge < -0.3 is 5.11 Å². The minimum Gasteiger partial charge on any atom is -0.481 e. The molecule has 0 fully saturated rings. The highest BCUT2D eigenvalue weighted by molar-refractivity contribution is 5.78. The Morgan fingerprint density at radius 1 is 1.67 bits per heavy atom. The molecular weight excluding hydrogens is 152 g/mol. The molecule has 0 saturated heterocycles. The van der Waals surface area contributed by atoms with Crippen molar-refractivity contribution >= 4 is 5.97 Å². The Bertz CT molecular complexity index is 277. The highest BCUT2D eigenvalue weighted by Crippen LogP contribution is 2.15. The van der Waals surface area contributed by atoms with Crippen LogP contribution in [0.3, 0.4) is 0 Å². The minimum absolute atomic E-state index is 0.639. The van der Waals surface area contributed by atoms with E-state index in [1.807, 2.05) is 0 Å². The molecule has 0 amide bonds. The molecule has 1 rings (SSSR count). The summed E-state index contributed by atoms with van der Waals surface area (Å²) >= 11 is 0. The average Bonchev–Trinajstić information content (AvgIpc) is 2.07. The van der Waals surface area contributed by atoms with Crippen LogP contribution in [0.25, 0.3) is 0 Å². The molecule has 1 N–H and O–H groups in total. The van der Waals surface area contributed by atoms with Gasteiger partial charge in [-0.1, -0.05) is 30.3 Å². The summed E-state index contributed by atoms with van der Waals surface area (Å²) in [5.74, 6) is -1.54. The van der Waals surface area contributed by atoms with E-state index in [0.29, 0.717) is 5.56 Å². The van der Waals surface area contributed by atoms with Crippen LogP contribution in [0.2, 0.25) is 0 Å². The van der Waals surface area contributed by atoms with Crippen molar-refractivity contribution in [2.75, 3.05) is 0 Å². The van der Waals surface area contributed by atoms with Crippen LogP contribution in [0.4, 0.5) is 0 Å². The van der Waals surface area contributed by atoms with E-state index in [1.165, 1.54) is 6.08 Å². The molecule has 1 aromatic rings. The number of hydrogen-bond acceptors (Lipinski definition) is 1. The lowest BCUT2D eigenvalue weighted by Gasteiger charge is -2.05. The molecule has 0 spiro atoms. The Labute approximate surface area is 71.2 Å². The van der Waals surface area contributed by atoms with Gasteiger partial charge in [0.25, 0.3) is 0 Å². The number of rotatable bonds is 3. The maximum atomic E-state index is 10.6. The first-order valence-electron chi connectivity index (χ1n) is 3.57. The molecule has 2 heteroatoms. The number of carboxylic acid groups (broad SMARTS) is 1. The van der Waals surface area contributed by atoms with Gasteiger partial charge in [-0.25, -0.2) is 0 Å². The first-order chi connectivity index (χ1) is 5.75. The number of benzene rings is 1. The van der Waals surface area contributed by atoms with Crippen molar-refractivity contribution in [2.45, 2.75) is 5.92 Å². The number of carboxylic acids is 1. The predicted molar refractivity (Wildman–Crippen MR) is 45.9 cm³/mol. The van der Waals surface area contributed by atoms with Crippen LogP contribution in [-0.2, 0) is 4.79 Å². The summed E-state index contributed by atoms with van der Waals surface area (Å²) < 4.78 is 0. The van der Waals surface area contributed by atoms with E-state index < -0.39 is 11.9 Å². The van der Waals surface area contributed by atoms with E-state index >= 15 is 0 Å². The highest BCUT2D eigenvalue weighted by atomic mass is 16.4. The van der Waals surface area contributed by atoms with Crippen molar-refractivity contribution < 1.29 is 9.90 Å². The number of hydrogen-bond donors (Lipinski definition) is 1. The zero-order valence-corrected chi connectivity index (χ0v) is 6.53. The third-order valence-electron chi connectivity index (χ3n) is 1.57. The van der Waals surface area contributed by atoms with Crippen LogP contribution >= 0.6 is 0 Å². The molecule has 1 atom stereocenters. The number of carbonyl (C=O) groups is 1. The van der Waals surface area contributed by atoms with Crippen LogP contribution in [0.15, 0.2) is 36.9 Å². The largest absolute Gasteiger partial charge is 0.481 e. The maximum Gasteiger partial charge on any atom is 0.314 e. The third kappa shape index (κ3) is 1.72. The van der Waals surface area contributed by atoms with E-state index in [1.54, 1.807) is 24.3 Å². The van der Waals surface area contributed by atoms with Gasteiger partial charge in [0.05, 0.1) is 0 Å². The van der Waals surface area contributed by atoms with Crippen molar-refractivity contribution in [1.82, 2.24) is 0 Å². The molecule has 0 heterocycles. The van der Waals surface area contributed by atoms with Crippen LogP contribution in [0.1, 0.15) is 11.5 Å². The lowest BCUT2D eigenvalue weighted by Crippen LogP contribution is -2.08. The molecule has 12 heavy (non-hydrogen) atoms. The summed E-state index contributed by atoms with van der Waals surface area (Å²) in [5.41, 5.74) is 0.639.